The Morgan fingerprint density at radius 1 is 1.05 bits per heavy atom. The molecule has 108 valence electrons. The van der Waals surface area contributed by atoms with Crippen LogP contribution in [-0.2, 0) is 17.3 Å². The van der Waals surface area contributed by atoms with Crippen molar-refractivity contribution in [3.05, 3.63) is 35.4 Å². The van der Waals surface area contributed by atoms with Gasteiger partial charge < -0.3 is 4.74 Å². The monoisotopic (exact) mass is 274 g/mol. The van der Waals surface area contributed by atoms with Crippen LogP contribution in [0.4, 0.5) is 13.2 Å². The molecule has 0 heterocycles. The van der Waals surface area contributed by atoms with Crippen LogP contribution in [0.15, 0.2) is 24.3 Å². The number of aryl methyl sites for hydroxylation is 1. The van der Waals surface area contributed by atoms with E-state index in [-0.39, 0.29) is 0 Å². The molecule has 0 saturated heterocycles. The maximum Gasteiger partial charge on any atom is 0.416 e. The summed E-state index contributed by atoms with van der Waals surface area (Å²) in [5.41, 5.74) is 0.140. The van der Waals surface area contributed by atoms with E-state index in [0.29, 0.717) is 18.6 Å². The zero-order valence-electron chi connectivity index (χ0n) is 11.3. The van der Waals surface area contributed by atoms with Crippen LogP contribution in [0.1, 0.15) is 43.7 Å². The lowest BCUT2D eigenvalue weighted by Crippen LogP contribution is -2.05. The van der Waals surface area contributed by atoms with Crippen molar-refractivity contribution in [1.82, 2.24) is 0 Å². The highest BCUT2D eigenvalue weighted by atomic mass is 19.4. The van der Waals surface area contributed by atoms with E-state index < -0.39 is 11.7 Å². The van der Waals surface area contributed by atoms with E-state index in [1.807, 2.05) is 0 Å². The van der Waals surface area contributed by atoms with Crippen molar-refractivity contribution in [2.24, 2.45) is 0 Å². The minimum Gasteiger partial charge on any atom is -0.381 e. The van der Waals surface area contributed by atoms with E-state index in [0.717, 1.165) is 38.4 Å². The van der Waals surface area contributed by atoms with Gasteiger partial charge in [-0.3, -0.25) is 0 Å². The molecular weight excluding hydrogens is 253 g/mol. The predicted octanol–water partition coefficient (Wildman–Crippen LogP) is 4.84. The van der Waals surface area contributed by atoms with E-state index in [2.05, 4.69) is 6.92 Å². The van der Waals surface area contributed by atoms with Crippen LogP contribution in [-0.4, -0.2) is 13.2 Å². The van der Waals surface area contributed by atoms with Crippen molar-refractivity contribution >= 4 is 0 Å². The van der Waals surface area contributed by atoms with Gasteiger partial charge in [0, 0.05) is 13.2 Å². The normalized spacial score (nSPS) is 11.8. The summed E-state index contributed by atoms with van der Waals surface area (Å²) in [6, 6.07) is 5.51. The third-order valence-corrected chi connectivity index (χ3v) is 2.90. The van der Waals surface area contributed by atoms with E-state index in [4.69, 9.17) is 4.74 Å². The summed E-state index contributed by atoms with van der Waals surface area (Å²) in [6.07, 6.45) is 0.499. The topological polar surface area (TPSA) is 9.23 Å². The molecule has 0 spiro atoms. The Bertz CT molecular complexity index is 361. The highest BCUT2D eigenvalue weighted by Crippen LogP contribution is 2.29. The number of ether oxygens (including phenoxy) is 1. The van der Waals surface area contributed by atoms with E-state index in [9.17, 15) is 13.2 Å². The Morgan fingerprint density at radius 2 is 1.79 bits per heavy atom. The molecule has 0 radical (unpaired) electrons. The largest absolute Gasteiger partial charge is 0.416 e. The Labute approximate surface area is 112 Å². The van der Waals surface area contributed by atoms with Gasteiger partial charge in [-0.2, -0.15) is 13.2 Å². The Balaban J connectivity index is 2.26. The van der Waals surface area contributed by atoms with Crippen LogP contribution in [0.5, 0.6) is 0 Å². The Hall–Kier alpha value is -1.03. The summed E-state index contributed by atoms with van der Waals surface area (Å²) >= 11 is 0. The summed E-state index contributed by atoms with van der Waals surface area (Å²) in [6.45, 7) is 3.49. The molecule has 4 heteroatoms. The summed E-state index contributed by atoms with van der Waals surface area (Å²) in [4.78, 5) is 0. The number of hydrogen-bond acceptors (Lipinski definition) is 1. The maximum atomic E-state index is 12.5. The third kappa shape index (κ3) is 6.62. The number of alkyl halides is 3. The first-order chi connectivity index (χ1) is 9.04. The fourth-order valence-corrected chi connectivity index (χ4v) is 1.84. The lowest BCUT2D eigenvalue weighted by molar-refractivity contribution is -0.137. The first-order valence-corrected chi connectivity index (χ1v) is 6.78. The van der Waals surface area contributed by atoms with E-state index >= 15 is 0 Å². The van der Waals surface area contributed by atoms with Crippen molar-refractivity contribution < 1.29 is 17.9 Å². The summed E-state index contributed by atoms with van der Waals surface area (Å²) in [5.74, 6) is 0. The van der Waals surface area contributed by atoms with E-state index in [1.165, 1.54) is 12.1 Å². The SMILES string of the molecule is CCCCCOCCCc1cccc(C(F)(F)F)c1. The number of benzene rings is 1. The van der Waals surface area contributed by atoms with Gasteiger partial charge in [0.1, 0.15) is 0 Å². The molecule has 0 fully saturated rings. The van der Waals surface area contributed by atoms with Crippen molar-refractivity contribution in [3.63, 3.8) is 0 Å². The van der Waals surface area contributed by atoms with Gasteiger partial charge in [0.25, 0.3) is 0 Å². The van der Waals surface area contributed by atoms with Crippen LogP contribution < -0.4 is 0 Å². The smallest absolute Gasteiger partial charge is 0.381 e. The zero-order chi connectivity index (χ0) is 14.1. The summed E-state index contributed by atoms with van der Waals surface area (Å²) < 4.78 is 42.9. The van der Waals surface area contributed by atoms with Crippen LogP contribution in [0.3, 0.4) is 0 Å². The summed E-state index contributed by atoms with van der Waals surface area (Å²) in [5, 5.41) is 0. The van der Waals surface area contributed by atoms with Crippen molar-refractivity contribution in [1.29, 1.82) is 0 Å². The molecule has 0 bridgehead atoms. The van der Waals surface area contributed by atoms with Gasteiger partial charge in [0.15, 0.2) is 0 Å². The van der Waals surface area contributed by atoms with Crippen LogP contribution in [0, 0.1) is 0 Å². The lowest BCUT2D eigenvalue weighted by atomic mass is 10.1. The minimum atomic E-state index is -4.26. The molecule has 0 amide bonds. The molecule has 0 aliphatic carbocycles. The first kappa shape index (κ1) is 16.0. The second kappa shape index (κ2) is 8.20. The molecule has 0 atom stereocenters. The first-order valence-electron chi connectivity index (χ1n) is 6.78. The van der Waals surface area contributed by atoms with Gasteiger partial charge >= 0.3 is 6.18 Å². The third-order valence-electron chi connectivity index (χ3n) is 2.90. The lowest BCUT2D eigenvalue weighted by Gasteiger charge is -2.09. The molecule has 1 rings (SSSR count). The molecule has 1 aromatic rings. The van der Waals surface area contributed by atoms with E-state index in [1.54, 1.807) is 6.07 Å². The maximum absolute atomic E-state index is 12.5. The standard InChI is InChI=1S/C15H21F3O/c1-2-3-4-10-19-11-6-8-13-7-5-9-14(12-13)15(16,17)18/h5,7,9,12H,2-4,6,8,10-11H2,1H3. The number of hydrogen-bond donors (Lipinski definition) is 0. The molecule has 19 heavy (non-hydrogen) atoms. The number of rotatable bonds is 8. The molecule has 1 aromatic carbocycles. The fourth-order valence-electron chi connectivity index (χ4n) is 1.84. The van der Waals surface area contributed by atoms with Gasteiger partial charge in [0.05, 0.1) is 5.56 Å². The molecule has 0 aromatic heterocycles. The average Bonchev–Trinajstić information content (AvgIpc) is 2.37. The molecule has 1 nitrogen and oxygen atoms in total. The van der Waals surface area contributed by atoms with Crippen LogP contribution >= 0.6 is 0 Å². The van der Waals surface area contributed by atoms with Gasteiger partial charge in [0.2, 0.25) is 0 Å². The molecule has 0 N–H and O–H groups in total. The van der Waals surface area contributed by atoms with Crippen molar-refractivity contribution in [2.75, 3.05) is 13.2 Å². The highest BCUT2D eigenvalue weighted by molar-refractivity contribution is 5.25. The molecule has 0 unspecified atom stereocenters. The minimum absolute atomic E-state index is 0.575. The zero-order valence-corrected chi connectivity index (χ0v) is 11.3. The van der Waals surface area contributed by atoms with Gasteiger partial charge in [-0.05, 0) is 30.9 Å². The van der Waals surface area contributed by atoms with Gasteiger partial charge in [-0.15, -0.1) is 0 Å². The van der Waals surface area contributed by atoms with Crippen LogP contribution in [0.2, 0.25) is 0 Å². The number of halogens is 3. The quantitative estimate of drug-likeness (QED) is 0.616. The predicted molar refractivity (Wildman–Crippen MR) is 70.1 cm³/mol. The molecular formula is C15H21F3O. The Kier molecular flexibility index (Phi) is 6.92. The highest BCUT2D eigenvalue weighted by Gasteiger charge is 2.30. The van der Waals surface area contributed by atoms with Gasteiger partial charge in [-0.1, -0.05) is 38.0 Å². The number of unbranched alkanes of at least 4 members (excludes halogenated alkanes) is 2. The van der Waals surface area contributed by atoms with Crippen molar-refractivity contribution in [3.8, 4) is 0 Å². The van der Waals surface area contributed by atoms with Crippen molar-refractivity contribution in [2.45, 2.75) is 45.2 Å². The molecule has 0 saturated carbocycles. The molecule has 0 aliphatic heterocycles. The van der Waals surface area contributed by atoms with Gasteiger partial charge in [-0.25, -0.2) is 0 Å². The second-order valence-electron chi connectivity index (χ2n) is 4.62. The average molecular weight is 274 g/mol. The summed E-state index contributed by atoms with van der Waals surface area (Å²) in [7, 11) is 0. The Morgan fingerprint density at radius 3 is 2.47 bits per heavy atom. The fraction of sp³-hybridized carbons (Fsp3) is 0.600. The second-order valence-corrected chi connectivity index (χ2v) is 4.62. The molecule has 0 aliphatic rings. The van der Waals surface area contributed by atoms with Crippen LogP contribution in [0.25, 0.3) is 0 Å².